The van der Waals surface area contributed by atoms with E-state index >= 15 is 0 Å². The van der Waals surface area contributed by atoms with E-state index in [0.717, 1.165) is 41.9 Å². The monoisotopic (exact) mass is 419 g/mol. The first-order chi connectivity index (χ1) is 14.8. The maximum atomic E-state index is 12.7. The predicted molar refractivity (Wildman–Crippen MR) is 122 cm³/mol. The third-order valence-electron chi connectivity index (χ3n) is 5.42. The molecule has 0 unspecified atom stereocenters. The summed E-state index contributed by atoms with van der Waals surface area (Å²) in [5.74, 6) is -0.146. The molecule has 162 valence electrons. The van der Waals surface area contributed by atoms with Crippen LogP contribution < -0.4 is 10.6 Å². The average molecular weight is 420 g/mol. The third-order valence-corrected chi connectivity index (χ3v) is 5.42. The van der Waals surface area contributed by atoms with Crippen LogP contribution in [0.25, 0.3) is 5.57 Å². The van der Waals surface area contributed by atoms with Gasteiger partial charge in [0.15, 0.2) is 0 Å². The molecule has 0 aliphatic carbocycles. The van der Waals surface area contributed by atoms with E-state index in [1.807, 2.05) is 63.2 Å². The van der Waals surface area contributed by atoms with Crippen molar-refractivity contribution in [2.45, 2.75) is 45.9 Å². The number of fused-ring (bicyclic) bond motifs is 1. The Kier molecular flexibility index (Phi) is 5.83. The van der Waals surface area contributed by atoms with Crippen LogP contribution >= 0.6 is 0 Å². The van der Waals surface area contributed by atoms with Gasteiger partial charge in [0.05, 0.1) is 0 Å². The lowest BCUT2D eigenvalue weighted by Gasteiger charge is -2.24. The SMILES string of the molecule is CC(C)(C)OC(=O)N1Cc2ccc(NC(=O)c3ccc(C4=CCNCC4)cc3)cc2C1. The molecule has 0 aromatic heterocycles. The number of hydrogen-bond donors (Lipinski definition) is 2. The van der Waals surface area contributed by atoms with E-state index in [1.165, 1.54) is 5.57 Å². The zero-order chi connectivity index (χ0) is 22.0. The van der Waals surface area contributed by atoms with Crippen molar-refractivity contribution in [1.82, 2.24) is 10.2 Å². The highest BCUT2D eigenvalue weighted by Crippen LogP contribution is 2.27. The average Bonchev–Trinajstić information content (AvgIpc) is 3.17. The molecule has 0 atom stereocenters. The van der Waals surface area contributed by atoms with Gasteiger partial charge in [-0.05, 0) is 80.3 Å². The van der Waals surface area contributed by atoms with Gasteiger partial charge in [0.1, 0.15) is 5.60 Å². The molecule has 2 aromatic carbocycles. The van der Waals surface area contributed by atoms with Gasteiger partial charge in [-0.2, -0.15) is 0 Å². The quantitative estimate of drug-likeness (QED) is 0.765. The Morgan fingerprint density at radius 1 is 1.03 bits per heavy atom. The van der Waals surface area contributed by atoms with Gasteiger partial charge >= 0.3 is 6.09 Å². The molecular formula is C25H29N3O3. The number of anilines is 1. The van der Waals surface area contributed by atoms with Crippen LogP contribution in [0.2, 0.25) is 0 Å². The van der Waals surface area contributed by atoms with Crippen LogP contribution in [0, 0.1) is 0 Å². The fraction of sp³-hybridized carbons (Fsp3) is 0.360. The third kappa shape index (κ3) is 5.14. The lowest BCUT2D eigenvalue weighted by molar-refractivity contribution is 0.0241. The molecule has 0 radical (unpaired) electrons. The van der Waals surface area contributed by atoms with Crippen LogP contribution in [-0.2, 0) is 17.8 Å². The standard InChI is InChI=1S/C25H29N3O3/c1-25(2,3)31-24(30)28-15-20-8-9-22(14-21(20)16-28)27-23(29)19-6-4-17(5-7-19)18-10-12-26-13-11-18/h4-10,14,26H,11-13,15-16H2,1-3H3,(H,27,29). The minimum absolute atomic E-state index is 0.146. The van der Waals surface area contributed by atoms with Crippen molar-refractivity contribution < 1.29 is 14.3 Å². The Bertz CT molecular complexity index is 1020. The number of carbonyl (C=O) groups excluding carboxylic acids is 2. The van der Waals surface area contributed by atoms with E-state index in [-0.39, 0.29) is 12.0 Å². The van der Waals surface area contributed by atoms with Crippen molar-refractivity contribution in [3.8, 4) is 0 Å². The molecule has 2 amide bonds. The van der Waals surface area contributed by atoms with Gasteiger partial charge in [-0.1, -0.05) is 24.3 Å². The van der Waals surface area contributed by atoms with Crippen molar-refractivity contribution in [3.63, 3.8) is 0 Å². The minimum Gasteiger partial charge on any atom is -0.444 e. The molecule has 4 rings (SSSR count). The number of amides is 2. The first-order valence-corrected chi connectivity index (χ1v) is 10.7. The molecule has 0 fully saturated rings. The Labute approximate surface area is 183 Å². The van der Waals surface area contributed by atoms with Crippen LogP contribution in [0.1, 0.15) is 54.2 Å². The van der Waals surface area contributed by atoms with E-state index in [4.69, 9.17) is 4.74 Å². The molecule has 6 heteroatoms. The summed E-state index contributed by atoms with van der Waals surface area (Å²) in [5, 5.41) is 6.28. The molecule has 0 saturated heterocycles. The first kappa shape index (κ1) is 21.1. The predicted octanol–water partition coefficient (Wildman–Crippen LogP) is 4.57. The Balaban J connectivity index is 1.40. The molecule has 2 aromatic rings. The summed E-state index contributed by atoms with van der Waals surface area (Å²) in [6, 6.07) is 13.5. The van der Waals surface area contributed by atoms with E-state index in [2.05, 4.69) is 16.7 Å². The van der Waals surface area contributed by atoms with Crippen molar-refractivity contribution >= 4 is 23.3 Å². The molecule has 2 N–H and O–H groups in total. The van der Waals surface area contributed by atoms with Crippen LogP contribution in [0.15, 0.2) is 48.5 Å². The highest BCUT2D eigenvalue weighted by molar-refractivity contribution is 6.04. The van der Waals surface area contributed by atoms with Gasteiger partial charge in [0.2, 0.25) is 0 Å². The molecular weight excluding hydrogens is 390 g/mol. The summed E-state index contributed by atoms with van der Waals surface area (Å²) in [6.07, 6.45) is 2.88. The molecule has 2 heterocycles. The summed E-state index contributed by atoms with van der Waals surface area (Å²) in [4.78, 5) is 26.7. The molecule has 0 spiro atoms. The summed E-state index contributed by atoms with van der Waals surface area (Å²) >= 11 is 0. The van der Waals surface area contributed by atoms with Crippen LogP contribution in [0.4, 0.5) is 10.5 Å². The molecule has 0 saturated carbocycles. The molecule has 31 heavy (non-hydrogen) atoms. The number of benzene rings is 2. The second-order valence-corrected chi connectivity index (χ2v) is 9.03. The lowest BCUT2D eigenvalue weighted by Crippen LogP contribution is -2.33. The zero-order valence-electron chi connectivity index (χ0n) is 18.3. The Hall–Kier alpha value is -3.12. The van der Waals surface area contributed by atoms with E-state index in [9.17, 15) is 9.59 Å². The number of nitrogens with one attached hydrogen (secondary N) is 2. The van der Waals surface area contributed by atoms with Crippen LogP contribution in [0.5, 0.6) is 0 Å². The largest absolute Gasteiger partial charge is 0.444 e. The fourth-order valence-electron chi connectivity index (χ4n) is 3.85. The van der Waals surface area contributed by atoms with E-state index in [0.29, 0.717) is 18.7 Å². The van der Waals surface area contributed by atoms with Crippen molar-refractivity contribution in [3.05, 3.63) is 70.8 Å². The van der Waals surface area contributed by atoms with Gasteiger partial charge in [0.25, 0.3) is 5.91 Å². The van der Waals surface area contributed by atoms with E-state index < -0.39 is 5.60 Å². The molecule has 0 bridgehead atoms. The Morgan fingerprint density at radius 2 is 1.77 bits per heavy atom. The van der Waals surface area contributed by atoms with E-state index in [1.54, 1.807) is 4.90 Å². The van der Waals surface area contributed by atoms with Gasteiger partial charge < -0.3 is 15.4 Å². The van der Waals surface area contributed by atoms with Gasteiger partial charge in [-0.3, -0.25) is 9.69 Å². The smallest absolute Gasteiger partial charge is 0.410 e. The maximum absolute atomic E-state index is 12.7. The molecule has 6 nitrogen and oxygen atoms in total. The van der Waals surface area contributed by atoms with Crippen molar-refractivity contribution in [2.24, 2.45) is 0 Å². The summed E-state index contributed by atoms with van der Waals surface area (Å²) in [6.45, 7) is 8.45. The summed E-state index contributed by atoms with van der Waals surface area (Å²) in [7, 11) is 0. The second-order valence-electron chi connectivity index (χ2n) is 9.03. The van der Waals surface area contributed by atoms with Crippen LogP contribution in [-0.4, -0.2) is 35.6 Å². The minimum atomic E-state index is -0.523. The summed E-state index contributed by atoms with van der Waals surface area (Å²) in [5.41, 5.74) is 5.40. The molecule has 2 aliphatic heterocycles. The lowest BCUT2D eigenvalue weighted by atomic mass is 9.99. The van der Waals surface area contributed by atoms with Gasteiger partial charge in [-0.25, -0.2) is 4.79 Å². The van der Waals surface area contributed by atoms with Crippen molar-refractivity contribution in [2.75, 3.05) is 18.4 Å². The van der Waals surface area contributed by atoms with Gasteiger partial charge in [0, 0.05) is 30.9 Å². The fourth-order valence-corrected chi connectivity index (χ4v) is 3.85. The Morgan fingerprint density at radius 3 is 2.45 bits per heavy atom. The number of ether oxygens (including phenoxy) is 1. The number of hydrogen-bond acceptors (Lipinski definition) is 4. The normalized spacial score (nSPS) is 15.8. The zero-order valence-corrected chi connectivity index (χ0v) is 18.3. The number of carbonyl (C=O) groups is 2. The topological polar surface area (TPSA) is 70.7 Å². The first-order valence-electron chi connectivity index (χ1n) is 10.7. The number of nitrogens with zero attached hydrogens (tertiary/aromatic N) is 1. The van der Waals surface area contributed by atoms with Gasteiger partial charge in [-0.15, -0.1) is 0 Å². The maximum Gasteiger partial charge on any atom is 0.410 e. The van der Waals surface area contributed by atoms with Crippen LogP contribution in [0.3, 0.4) is 0 Å². The summed E-state index contributed by atoms with van der Waals surface area (Å²) < 4.78 is 5.47. The number of rotatable bonds is 3. The molecule has 2 aliphatic rings. The second kappa shape index (κ2) is 8.55. The van der Waals surface area contributed by atoms with Crippen molar-refractivity contribution in [1.29, 1.82) is 0 Å². The highest BCUT2D eigenvalue weighted by Gasteiger charge is 2.28. The highest BCUT2D eigenvalue weighted by atomic mass is 16.6.